The average molecular weight is 296 g/mol. The fourth-order valence-corrected chi connectivity index (χ4v) is 2.92. The van der Waals surface area contributed by atoms with Gasteiger partial charge in [-0.2, -0.15) is 0 Å². The Labute approximate surface area is 128 Å². The zero-order chi connectivity index (χ0) is 15.3. The van der Waals surface area contributed by atoms with Crippen LogP contribution in [0.5, 0.6) is 0 Å². The number of nitrogens with zero attached hydrogens (tertiary/aromatic N) is 3. The molecule has 22 heavy (non-hydrogen) atoms. The monoisotopic (exact) mass is 296 g/mol. The number of furan rings is 1. The first-order chi connectivity index (χ1) is 10.6. The summed E-state index contributed by atoms with van der Waals surface area (Å²) in [5.41, 5.74) is 2.56. The third-order valence-electron chi connectivity index (χ3n) is 4.27. The van der Waals surface area contributed by atoms with E-state index in [9.17, 15) is 4.79 Å². The van der Waals surface area contributed by atoms with Crippen LogP contribution in [0.15, 0.2) is 27.4 Å². The first-order valence-corrected chi connectivity index (χ1v) is 7.48. The summed E-state index contributed by atoms with van der Waals surface area (Å²) in [5, 5.41) is 0.900. The highest BCUT2D eigenvalue weighted by Crippen LogP contribution is 2.25. The second-order valence-electron chi connectivity index (χ2n) is 5.96. The number of hydrogen-bond donors (Lipinski definition) is 1. The third-order valence-corrected chi connectivity index (χ3v) is 4.27. The molecular weight excluding hydrogens is 279 g/mol. The molecule has 112 valence electrons. The summed E-state index contributed by atoms with van der Waals surface area (Å²) in [4.78, 5) is 24.3. The maximum Gasteiger partial charge on any atom is 0.296 e. The van der Waals surface area contributed by atoms with E-state index < -0.39 is 0 Å². The van der Waals surface area contributed by atoms with E-state index in [-0.39, 0.29) is 5.56 Å². The van der Waals surface area contributed by atoms with Gasteiger partial charge in [0.2, 0.25) is 11.5 Å². The molecule has 3 aromatic rings. The van der Waals surface area contributed by atoms with E-state index in [0.717, 1.165) is 37.0 Å². The van der Waals surface area contributed by atoms with Crippen molar-refractivity contribution in [2.24, 2.45) is 0 Å². The van der Waals surface area contributed by atoms with Gasteiger partial charge in [-0.15, -0.1) is 0 Å². The minimum absolute atomic E-state index is 0.215. The summed E-state index contributed by atoms with van der Waals surface area (Å²) < 4.78 is 5.66. The summed E-state index contributed by atoms with van der Waals surface area (Å²) in [5.74, 6) is 0.634. The minimum atomic E-state index is -0.215. The standard InChI is InChI=1S/C15H17BN4O2/c1-19-4-6-20(7-5-19)15-17-12-10-8-9(16)2-3-11(10)22-13(12)14(21)18-15/h2-3,8H,4-7,16H2,1H3,(H,17,18,21). The number of likely N-dealkylation sites (N-methyl/N-ethyl adjacent to an activating group) is 1. The fourth-order valence-electron chi connectivity index (χ4n) is 2.92. The number of fused-ring (bicyclic) bond motifs is 3. The lowest BCUT2D eigenvalue weighted by Crippen LogP contribution is -2.45. The van der Waals surface area contributed by atoms with Gasteiger partial charge in [-0.05, 0) is 13.1 Å². The van der Waals surface area contributed by atoms with Crippen molar-refractivity contribution in [1.82, 2.24) is 14.9 Å². The smallest absolute Gasteiger partial charge is 0.296 e. The van der Waals surface area contributed by atoms with Crippen LogP contribution in [0, 0.1) is 0 Å². The van der Waals surface area contributed by atoms with Crippen molar-refractivity contribution in [2.75, 3.05) is 38.1 Å². The van der Waals surface area contributed by atoms with Crippen molar-refractivity contribution in [3.8, 4) is 0 Å². The Morgan fingerprint density at radius 2 is 2.05 bits per heavy atom. The minimum Gasteiger partial charge on any atom is -0.449 e. The van der Waals surface area contributed by atoms with E-state index in [1.54, 1.807) is 0 Å². The van der Waals surface area contributed by atoms with E-state index in [4.69, 9.17) is 4.42 Å². The van der Waals surface area contributed by atoms with Crippen LogP contribution < -0.4 is 15.9 Å². The molecule has 1 fully saturated rings. The Morgan fingerprint density at radius 1 is 1.27 bits per heavy atom. The molecule has 1 aliphatic rings. The zero-order valence-corrected chi connectivity index (χ0v) is 12.7. The van der Waals surface area contributed by atoms with Crippen LogP contribution >= 0.6 is 0 Å². The van der Waals surface area contributed by atoms with E-state index in [1.807, 2.05) is 26.0 Å². The van der Waals surface area contributed by atoms with E-state index >= 15 is 0 Å². The van der Waals surface area contributed by atoms with Gasteiger partial charge in [0.25, 0.3) is 5.56 Å². The molecule has 0 atom stereocenters. The highest BCUT2D eigenvalue weighted by atomic mass is 16.3. The van der Waals surface area contributed by atoms with Crippen LogP contribution in [0.1, 0.15) is 0 Å². The van der Waals surface area contributed by atoms with Crippen LogP contribution in [-0.4, -0.2) is 55.9 Å². The van der Waals surface area contributed by atoms with Crippen molar-refractivity contribution in [1.29, 1.82) is 0 Å². The number of rotatable bonds is 1. The quantitative estimate of drug-likeness (QED) is 0.624. The first kappa shape index (κ1) is 13.4. The number of H-pyrrole nitrogens is 1. The Balaban J connectivity index is 1.89. The van der Waals surface area contributed by atoms with Crippen LogP contribution in [0.2, 0.25) is 0 Å². The van der Waals surface area contributed by atoms with Gasteiger partial charge in [0.05, 0.1) is 0 Å². The number of benzene rings is 1. The number of aromatic nitrogens is 2. The van der Waals surface area contributed by atoms with Crippen LogP contribution in [0.4, 0.5) is 5.95 Å². The number of nitrogens with one attached hydrogen (secondary N) is 1. The number of hydrogen-bond acceptors (Lipinski definition) is 5. The zero-order valence-electron chi connectivity index (χ0n) is 12.7. The molecule has 1 saturated heterocycles. The van der Waals surface area contributed by atoms with Crippen molar-refractivity contribution < 1.29 is 4.42 Å². The van der Waals surface area contributed by atoms with Crippen molar-refractivity contribution >= 4 is 41.3 Å². The number of piperazine rings is 1. The normalized spacial score (nSPS) is 16.7. The molecule has 0 spiro atoms. The van der Waals surface area contributed by atoms with Gasteiger partial charge in [0.15, 0.2) is 0 Å². The second-order valence-corrected chi connectivity index (χ2v) is 5.96. The van der Waals surface area contributed by atoms with Gasteiger partial charge in [-0.1, -0.05) is 17.6 Å². The predicted octanol–water partition coefficient (Wildman–Crippen LogP) is -0.321. The summed E-state index contributed by atoms with van der Waals surface area (Å²) in [6.07, 6.45) is 0. The molecule has 0 radical (unpaired) electrons. The lowest BCUT2D eigenvalue weighted by Gasteiger charge is -2.32. The highest BCUT2D eigenvalue weighted by molar-refractivity contribution is 6.33. The van der Waals surface area contributed by atoms with Crippen molar-refractivity contribution in [2.45, 2.75) is 0 Å². The maximum absolute atomic E-state index is 12.3. The molecule has 1 N–H and O–H groups in total. The van der Waals surface area contributed by atoms with Gasteiger partial charge in [0.1, 0.15) is 18.9 Å². The van der Waals surface area contributed by atoms with Crippen LogP contribution in [0.25, 0.3) is 22.1 Å². The van der Waals surface area contributed by atoms with Gasteiger partial charge in [-0.25, -0.2) is 4.98 Å². The van der Waals surface area contributed by atoms with E-state index in [1.165, 1.54) is 0 Å². The largest absolute Gasteiger partial charge is 0.449 e. The molecule has 6 nitrogen and oxygen atoms in total. The number of aromatic amines is 1. The van der Waals surface area contributed by atoms with Crippen molar-refractivity contribution in [3.05, 3.63) is 28.6 Å². The molecule has 0 unspecified atom stereocenters. The molecule has 0 aliphatic carbocycles. The summed E-state index contributed by atoms with van der Waals surface area (Å²) >= 11 is 0. The first-order valence-electron chi connectivity index (χ1n) is 7.48. The molecule has 4 rings (SSSR count). The van der Waals surface area contributed by atoms with Crippen molar-refractivity contribution in [3.63, 3.8) is 0 Å². The van der Waals surface area contributed by atoms with Crippen LogP contribution in [0.3, 0.4) is 0 Å². The van der Waals surface area contributed by atoms with Gasteiger partial charge < -0.3 is 14.2 Å². The Kier molecular flexibility index (Phi) is 2.97. The Hall–Kier alpha value is -2.28. The third kappa shape index (κ3) is 2.09. The molecular formula is C15H17BN4O2. The molecule has 0 saturated carbocycles. The summed E-state index contributed by atoms with van der Waals surface area (Å²) in [7, 11) is 4.12. The average Bonchev–Trinajstić information content (AvgIpc) is 2.87. The molecule has 7 heteroatoms. The van der Waals surface area contributed by atoms with Gasteiger partial charge in [0, 0.05) is 31.6 Å². The molecule has 0 bridgehead atoms. The lowest BCUT2D eigenvalue weighted by molar-refractivity contribution is 0.311. The number of anilines is 1. The summed E-state index contributed by atoms with van der Waals surface area (Å²) in [6, 6.07) is 5.88. The summed E-state index contributed by atoms with van der Waals surface area (Å²) in [6.45, 7) is 3.65. The fraction of sp³-hybridized carbons (Fsp3) is 0.333. The molecule has 3 heterocycles. The molecule has 1 aliphatic heterocycles. The van der Waals surface area contributed by atoms with Gasteiger partial charge >= 0.3 is 0 Å². The topological polar surface area (TPSA) is 65.4 Å². The van der Waals surface area contributed by atoms with Crippen LogP contribution in [-0.2, 0) is 0 Å². The second kappa shape index (κ2) is 4.88. The molecule has 0 amide bonds. The van der Waals surface area contributed by atoms with E-state index in [0.29, 0.717) is 22.6 Å². The Morgan fingerprint density at radius 3 is 2.82 bits per heavy atom. The Bertz CT molecular complexity index is 909. The lowest BCUT2D eigenvalue weighted by atomic mass is 9.95. The molecule has 2 aromatic heterocycles. The SMILES string of the molecule is Bc1ccc2oc3c(=O)[nH]c(N4CCN(C)CC4)nc3c2c1. The highest BCUT2D eigenvalue weighted by Gasteiger charge is 2.19. The van der Waals surface area contributed by atoms with Gasteiger partial charge in [-0.3, -0.25) is 9.78 Å². The molecule has 1 aromatic carbocycles. The maximum atomic E-state index is 12.3. The van der Waals surface area contributed by atoms with E-state index in [2.05, 4.69) is 26.8 Å². The predicted molar refractivity (Wildman–Crippen MR) is 90.0 cm³/mol.